The third-order valence-corrected chi connectivity index (χ3v) is 7.72. The van der Waals surface area contributed by atoms with E-state index in [0.29, 0.717) is 42.9 Å². The first-order chi connectivity index (χ1) is 19.9. The van der Waals surface area contributed by atoms with E-state index in [9.17, 15) is 9.59 Å². The highest BCUT2D eigenvalue weighted by Crippen LogP contribution is 2.33. The summed E-state index contributed by atoms with van der Waals surface area (Å²) in [7, 11) is 0. The fourth-order valence-electron chi connectivity index (χ4n) is 5.48. The number of carbonyl (C=O) groups excluding carboxylic acids is 2. The van der Waals surface area contributed by atoms with Crippen LogP contribution in [0.4, 0.5) is 5.69 Å². The molecule has 0 unspecified atom stereocenters. The molecule has 0 spiro atoms. The summed E-state index contributed by atoms with van der Waals surface area (Å²) in [5, 5.41) is 0. The van der Waals surface area contributed by atoms with Crippen molar-refractivity contribution in [2.45, 2.75) is 46.2 Å². The second-order valence-electron chi connectivity index (χ2n) is 10.9. The van der Waals surface area contributed by atoms with Crippen LogP contribution in [0, 0.1) is 6.92 Å². The lowest BCUT2D eigenvalue weighted by Crippen LogP contribution is -2.42. The van der Waals surface area contributed by atoms with Crippen molar-refractivity contribution in [1.82, 2.24) is 9.80 Å². The Morgan fingerprint density at radius 2 is 1.68 bits per heavy atom. The average molecular weight is 558 g/mol. The largest absolute Gasteiger partial charge is 0.484 e. The number of ether oxygens (including phenoxy) is 3. The Bertz CT molecular complexity index is 1360. The summed E-state index contributed by atoms with van der Waals surface area (Å²) in [6, 6.07) is 21.4. The molecular weight excluding hydrogens is 518 g/mol. The smallest absolute Gasteiger partial charge is 0.264 e. The van der Waals surface area contributed by atoms with E-state index in [-0.39, 0.29) is 31.6 Å². The second kappa shape index (κ2) is 13.1. The minimum atomic E-state index is -0.0991. The molecule has 0 radical (unpaired) electrons. The molecule has 0 aromatic heterocycles. The van der Waals surface area contributed by atoms with Crippen LogP contribution in [0.15, 0.2) is 66.7 Å². The zero-order chi connectivity index (χ0) is 28.8. The lowest BCUT2D eigenvalue weighted by molar-refractivity contribution is -0.131. The first-order valence-corrected chi connectivity index (χ1v) is 14.4. The van der Waals surface area contributed by atoms with Gasteiger partial charge in [0.1, 0.15) is 5.75 Å². The molecule has 0 N–H and O–H groups in total. The van der Waals surface area contributed by atoms with Crippen molar-refractivity contribution in [1.29, 1.82) is 0 Å². The molecule has 0 atom stereocenters. The third kappa shape index (κ3) is 7.00. The van der Waals surface area contributed by atoms with Gasteiger partial charge in [-0.2, -0.15) is 0 Å². The summed E-state index contributed by atoms with van der Waals surface area (Å²) in [6.07, 6.45) is 1.07. The number of rotatable bonds is 6. The fourth-order valence-corrected chi connectivity index (χ4v) is 5.48. The first-order valence-electron chi connectivity index (χ1n) is 14.4. The van der Waals surface area contributed by atoms with Gasteiger partial charge in [-0.3, -0.25) is 14.5 Å². The predicted octanol–water partition coefficient (Wildman–Crippen LogP) is 4.82. The number of para-hydroxylation sites is 2. The van der Waals surface area contributed by atoms with Crippen LogP contribution in [0.2, 0.25) is 0 Å². The van der Waals surface area contributed by atoms with E-state index in [1.165, 1.54) is 0 Å². The number of nitrogens with zero attached hydrogens (tertiary/aromatic N) is 3. The Kier molecular flexibility index (Phi) is 9.09. The molecule has 0 aliphatic carbocycles. The molecule has 2 heterocycles. The molecule has 8 heteroatoms. The van der Waals surface area contributed by atoms with Crippen LogP contribution < -0.4 is 19.1 Å². The molecule has 2 amide bonds. The highest BCUT2D eigenvalue weighted by molar-refractivity contribution is 5.96. The quantitative estimate of drug-likeness (QED) is 0.433. The topological polar surface area (TPSA) is 71.6 Å². The van der Waals surface area contributed by atoms with Gasteiger partial charge in [0, 0.05) is 38.8 Å². The molecule has 0 bridgehead atoms. The average Bonchev–Trinajstić information content (AvgIpc) is 3.42. The fraction of sp³-hybridized carbons (Fsp3) is 0.394. The van der Waals surface area contributed by atoms with Gasteiger partial charge in [-0.05, 0) is 68.1 Å². The van der Waals surface area contributed by atoms with Crippen molar-refractivity contribution in [3.63, 3.8) is 0 Å². The number of benzene rings is 3. The molecule has 5 rings (SSSR count). The predicted molar refractivity (Wildman–Crippen MR) is 158 cm³/mol. The molecule has 0 saturated carbocycles. The number of aryl methyl sites for hydroxylation is 1. The standard InChI is InChI=1S/C33H39N3O5/c1-24(2)34-15-8-16-36(32(38)22-39-28-11-5-4-6-12-28)33-25(3)9-7-10-27(33)21-35(18-17-34)31(37)20-26-13-14-29-30(19-26)41-23-40-29/h4-7,9-14,19,24H,8,15-18,20-23H2,1-3H3. The lowest BCUT2D eigenvalue weighted by Gasteiger charge is -2.30. The summed E-state index contributed by atoms with van der Waals surface area (Å²) in [6.45, 7) is 9.68. The number of fused-ring (bicyclic) bond motifs is 2. The van der Waals surface area contributed by atoms with E-state index in [1.54, 1.807) is 0 Å². The van der Waals surface area contributed by atoms with Crippen molar-refractivity contribution < 1.29 is 23.8 Å². The van der Waals surface area contributed by atoms with E-state index < -0.39 is 0 Å². The van der Waals surface area contributed by atoms with Crippen LogP contribution in [0.1, 0.15) is 37.0 Å². The van der Waals surface area contributed by atoms with E-state index >= 15 is 0 Å². The molecule has 3 aromatic rings. The molecule has 41 heavy (non-hydrogen) atoms. The van der Waals surface area contributed by atoms with Crippen molar-refractivity contribution >= 4 is 17.5 Å². The number of carbonyl (C=O) groups is 2. The van der Waals surface area contributed by atoms with Gasteiger partial charge in [0.25, 0.3) is 5.91 Å². The van der Waals surface area contributed by atoms with Crippen molar-refractivity contribution in [3.8, 4) is 17.2 Å². The van der Waals surface area contributed by atoms with Gasteiger partial charge in [-0.1, -0.05) is 42.5 Å². The number of hydrogen-bond donors (Lipinski definition) is 0. The van der Waals surface area contributed by atoms with Crippen LogP contribution in [0.25, 0.3) is 0 Å². The van der Waals surface area contributed by atoms with E-state index in [2.05, 4.69) is 18.7 Å². The number of amides is 2. The zero-order valence-corrected chi connectivity index (χ0v) is 24.2. The summed E-state index contributed by atoms with van der Waals surface area (Å²) in [5.41, 5.74) is 3.70. The lowest BCUT2D eigenvalue weighted by atomic mass is 10.0. The van der Waals surface area contributed by atoms with Gasteiger partial charge in [0.05, 0.1) is 12.1 Å². The molecule has 0 saturated heterocycles. The van der Waals surface area contributed by atoms with Crippen molar-refractivity contribution in [2.75, 3.05) is 44.5 Å². The molecule has 0 fully saturated rings. The minimum Gasteiger partial charge on any atom is -0.484 e. The summed E-state index contributed by atoms with van der Waals surface area (Å²) >= 11 is 0. The van der Waals surface area contributed by atoms with Crippen molar-refractivity contribution in [3.05, 3.63) is 83.4 Å². The van der Waals surface area contributed by atoms with Gasteiger partial charge in [0.15, 0.2) is 18.1 Å². The Labute approximate surface area is 242 Å². The molecule has 216 valence electrons. The van der Waals surface area contributed by atoms with E-state index in [0.717, 1.165) is 41.9 Å². The maximum Gasteiger partial charge on any atom is 0.264 e. The highest BCUT2D eigenvalue weighted by atomic mass is 16.7. The first kappa shape index (κ1) is 28.5. The van der Waals surface area contributed by atoms with E-state index in [4.69, 9.17) is 14.2 Å². The van der Waals surface area contributed by atoms with Gasteiger partial charge in [-0.15, -0.1) is 0 Å². The summed E-state index contributed by atoms with van der Waals surface area (Å²) in [4.78, 5) is 33.6. The maximum absolute atomic E-state index is 13.8. The zero-order valence-electron chi connectivity index (χ0n) is 24.2. The highest BCUT2D eigenvalue weighted by Gasteiger charge is 2.26. The van der Waals surface area contributed by atoms with Crippen molar-refractivity contribution in [2.24, 2.45) is 0 Å². The maximum atomic E-state index is 13.8. The SMILES string of the molecule is Cc1cccc2c1N(C(=O)COc1ccccc1)CCCN(C(C)C)CCN(C(=O)Cc1ccc3c(c1)OCO3)C2. The second-order valence-corrected chi connectivity index (χ2v) is 10.9. The Morgan fingerprint density at radius 3 is 2.49 bits per heavy atom. The van der Waals surface area contributed by atoms with Crippen LogP contribution in [0.5, 0.6) is 17.2 Å². The van der Waals surface area contributed by atoms with Gasteiger partial charge in [-0.25, -0.2) is 0 Å². The van der Waals surface area contributed by atoms with E-state index in [1.807, 2.05) is 83.5 Å². The molecule has 8 nitrogen and oxygen atoms in total. The number of anilines is 1. The van der Waals surface area contributed by atoms with Gasteiger partial charge >= 0.3 is 0 Å². The van der Waals surface area contributed by atoms with Gasteiger partial charge in [0.2, 0.25) is 12.7 Å². The normalized spacial score (nSPS) is 15.8. The molecule has 2 aliphatic heterocycles. The molecule has 2 aliphatic rings. The third-order valence-electron chi connectivity index (χ3n) is 7.72. The Morgan fingerprint density at radius 1 is 0.878 bits per heavy atom. The van der Waals surface area contributed by atoms with Crippen LogP contribution in [-0.4, -0.2) is 67.2 Å². The molecule has 3 aromatic carbocycles. The van der Waals surface area contributed by atoms with Gasteiger partial charge < -0.3 is 24.0 Å². The number of hydrogen-bond acceptors (Lipinski definition) is 6. The Balaban J connectivity index is 1.42. The monoisotopic (exact) mass is 557 g/mol. The molecular formula is C33H39N3O5. The minimum absolute atomic E-state index is 0.0320. The van der Waals surface area contributed by atoms with Crippen LogP contribution >= 0.6 is 0 Å². The van der Waals surface area contributed by atoms with Crippen LogP contribution in [-0.2, 0) is 22.6 Å². The summed E-state index contributed by atoms with van der Waals surface area (Å²) in [5.74, 6) is 1.97. The van der Waals surface area contributed by atoms with Crippen LogP contribution in [0.3, 0.4) is 0 Å². The summed E-state index contributed by atoms with van der Waals surface area (Å²) < 4.78 is 16.8. The Hall–Kier alpha value is -4.04.